The van der Waals surface area contributed by atoms with Crippen molar-refractivity contribution in [3.8, 4) is 11.5 Å². The van der Waals surface area contributed by atoms with Crippen LogP contribution >= 0.6 is 23.2 Å². The summed E-state index contributed by atoms with van der Waals surface area (Å²) in [5.41, 5.74) is -0.216. The maximum Gasteiger partial charge on any atom is 1.00 e. The number of benzene rings is 4. The minimum Gasteiger partial charge on any atom is -0.870 e. The fourth-order valence-corrected chi connectivity index (χ4v) is 5.10. The van der Waals surface area contributed by atoms with E-state index in [0.29, 0.717) is 22.2 Å². The number of methoxy groups -OCH3 is 1. The van der Waals surface area contributed by atoms with E-state index in [2.05, 4.69) is 15.5 Å². The van der Waals surface area contributed by atoms with Gasteiger partial charge in [-0.3, -0.25) is 9.35 Å². The Hall–Kier alpha value is -2.70. The van der Waals surface area contributed by atoms with Crippen LogP contribution in [0.1, 0.15) is 15.9 Å². The molecule has 190 valence electrons. The molecular formula is C25H18Cl2N3NaO6S. The number of fused-ring (bicyclic) bond motifs is 1. The molecule has 4 rings (SSSR count). The maximum atomic E-state index is 13.4. The van der Waals surface area contributed by atoms with Crippen LogP contribution in [0.2, 0.25) is 10.0 Å². The molecule has 0 aliphatic carbocycles. The van der Waals surface area contributed by atoms with E-state index in [1.165, 1.54) is 38.3 Å². The number of hydrogen-bond donors (Lipinski definition) is 2. The number of nitrogens with one attached hydrogen (secondary N) is 1. The van der Waals surface area contributed by atoms with Crippen LogP contribution in [0.5, 0.6) is 11.5 Å². The fraction of sp³-hybridized carbons (Fsp3) is 0.0800. The second kappa shape index (κ2) is 12.0. The molecule has 13 heteroatoms. The minimum atomic E-state index is -4.68. The van der Waals surface area contributed by atoms with E-state index in [1.807, 2.05) is 0 Å². The molecular weight excluding hydrogens is 564 g/mol. The molecule has 0 bridgehead atoms. The zero-order valence-electron chi connectivity index (χ0n) is 20.3. The number of carbonyl (C=O) groups excluding carboxylic acids is 1. The quantitative estimate of drug-likeness (QED) is 0.203. The molecule has 0 aliphatic heterocycles. The largest absolute Gasteiger partial charge is 1.00 e. The van der Waals surface area contributed by atoms with Crippen LogP contribution < -0.4 is 44.7 Å². The number of hydrogen-bond acceptors (Lipinski definition) is 7. The molecule has 1 amide bonds. The van der Waals surface area contributed by atoms with Crippen molar-refractivity contribution in [1.82, 2.24) is 0 Å². The summed E-state index contributed by atoms with van der Waals surface area (Å²) in [5.74, 6) is -1.05. The summed E-state index contributed by atoms with van der Waals surface area (Å²) in [5, 5.41) is 25.2. The van der Waals surface area contributed by atoms with Gasteiger partial charge in [-0.15, -0.1) is 5.11 Å². The van der Waals surface area contributed by atoms with Gasteiger partial charge in [0.25, 0.3) is 16.0 Å². The third-order valence-corrected chi connectivity index (χ3v) is 6.93. The first-order valence-electron chi connectivity index (χ1n) is 10.6. The van der Waals surface area contributed by atoms with Gasteiger partial charge in [0.1, 0.15) is 16.3 Å². The first-order chi connectivity index (χ1) is 17.5. The van der Waals surface area contributed by atoms with E-state index in [1.54, 1.807) is 36.4 Å². The third kappa shape index (κ3) is 6.29. The van der Waals surface area contributed by atoms with E-state index in [-0.39, 0.29) is 62.1 Å². The number of carbonyl (C=O) groups is 1. The summed E-state index contributed by atoms with van der Waals surface area (Å²) in [6.07, 6.45) is 0. The van der Waals surface area contributed by atoms with Crippen LogP contribution in [0.25, 0.3) is 10.8 Å². The van der Waals surface area contributed by atoms with Gasteiger partial charge in [0, 0.05) is 21.7 Å². The minimum absolute atomic E-state index is 0. The standard InChI is InChI=1S/C25H19Cl2N3O6S.Na/c1-13-9-15(26)11-20(24(13)37(33,34)35)29-30-22-17-6-4-3-5-14(17)10-18(23(22)31)25(32)28-16-7-8-21(36-2)19(27)12-16;/h3-12,31H,1-2H3,(H,28,32)(H,33,34,35);/q;+1/p-1. The Labute approximate surface area is 250 Å². The SMILES string of the molecule is COc1ccc(NC(=O)c2cc3ccccc3c(N=Nc3cc(Cl)cc(C)c3S(=O)(=O)O)c2[O-])cc1Cl.[Na+]. The second-order valence-corrected chi connectivity index (χ2v) is 10.1. The Balaban J connectivity index is 0.00000400. The Bertz CT molecular complexity index is 1700. The smallest absolute Gasteiger partial charge is 0.870 e. The number of halogens is 2. The fourth-order valence-electron chi connectivity index (χ4n) is 3.75. The zero-order valence-corrected chi connectivity index (χ0v) is 24.6. The molecule has 2 N–H and O–H groups in total. The van der Waals surface area contributed by atoms with Crippen molar-refractivity contribution >= 4 is 67.1 Å². The van der Waals surface area contributed by atoms with E-state index >= 15 is 0 Å². The van der Waals surface area contributed by atoms with Crippen LogP contribution in [0, 0.1) is 6.92 Å². The van der Waals surface area contributed by atoms with E-state index in [0.717, 1.165) is 0 Å². The van der Waals surface area contributed by atoms with Crippen molar-refractivity contribution in [3.63, 3.8) is 0 Å². The van der Waals surface area contributed by atoms with Gasteiger partial charge in [0.2, 0.25) is 0 Å². The molecule has 0 spiro atoms. The van der Waals surface area contributed by atoms with Crippen molar-refractivity contribution < 1.29 is 57.2 Å². The summed E-state index contributed by atoms with van der Waals surface area (Å²) in [7, 11) is -3.22. The molecule has 0 aromatic heterocycles. The molecule has 38 heavy (non-hydrogen) atoms. The van der Waals surface area contributed by atoms with Crippen LogP contribution in [0.4, 0.5) is 17.1 Å². The van der Waals surface area contributed by atoms with Gasteiger partial charge in [-0.2, -0.15) is 13.5 Å². The molecule has 4 aromatic carbocycles. The summed E-state index contributed by atoms with van der Waals surface area (Å²) < 4.78 is 38.6. The van der Waals surface area contributed by atoms with E-state index in [9.17, 15) is 22.9 Å². The van der Waals surface area contributed by atoms with Crippen LogP contribution in [-0.4, -0.2) is 26.0 Å². The summed E-state index contributed by atoms with van der Waals surface area (Å²) in [4.78, 5) is 12.6. The first kappa shape index (κ1) is 29.9. The van der Waals surface area contributed by atoms with Gasteiger partial charge < -0.3 is 15.2 Å². The van der Waals surface area contributed by atoms with Gasteiger partial charge in [-0.1, -0.05) is 53.2 Å². The number of nitrogens with zero attached hydrogens (tertiary/aromatic N) is 2. The Morgan fingerprint density at radius 3 is 2.42 bits per heavy atom. The molecule has 4 aromatic rings. The Morgan fingerprint density at radius 1 is 1.05 bits per heavy atom. The van der Waals surface area contributed by atoms with Crippen LogP contribution in [-0.2, 0) is 10.1 Å². The monoisotopic (exact) mass is 581 g/mol. The zero-order chi connectivity index (χ0) is 26.9. The average molecular weight is 582 g/mol. The number of ether oxygens (including phenoxy) is 1. The molecule has 0 saturated heterocycles. The average Bonchev–Trinajstić information content (AvgIpc) is 2.82. The number of azo groups is 1. The normalized spacial score (nSPS) is 11.4. The van der Waals surface area contributed by atoms with Crippen LogP contribution in [0.3, 0.4) is 0 Å². The second-order valence-electron chi connectivity index (χ2n) is 7.87. The van der Waals surface area contributed by atoms with E-state index in [4.69, 9.17) is 27.9 Å². The Morgan fingerprint density at radius 2 is 1.76 bits per heavy atom. The Kier molecular flexibility index (Phi) is 9.43. The molecule has 0 heterocycles. The van der Waals surface area contributed by atoms with Crippen molar-refractivity contribution in [2.75, 3.05) is 12.4 Å². The van der Waals surface area contributed by atoms with Crippen molar-refractivity contribution in [3.05, 3.63) is 81.8 Å². The van der Waals surface area contributed by atoms with Crippen molar-refractivity contribution in [1.29, 1.82) is 0 Å². The summed E-state index contributed by atoms with van der Waals surface area (Å²) >= 11 is 12.2. The molecule has 0 aliphatic rings. The van der Waals surface area contributed by atoms with Crippen molar-refractivity contribution in [2.24, 2.45) is 10.2 Å². The van der Waals surface area contributed by atoms with Gasteiger partial charge in [-0.05, 0) is 54.3 Å². The predicted molar refractivity (Wildman–Crippen MR) is 140 cm³/mol. The van der Waals surface area contributed by atoms with E-state index < -0.39 is 26.7 Å². The molecule has 0 saturated carbocycles. The summed E-state index contributed by atoms with van der Waals surface area (Å²) in [6.45, 7) is 1.43. The molecule has 0 atom stereocenters. The first-order valence-corrected chi connectivity index (χ1v) is 12.8. The summed E-state index contributed by atoms with van der Waals surface area (Å²) in [6, 6.07) is 15.2. The molecule has 9 nitrogen and oxygen atoms in total. The molecule has 0 fully saturated rings. The topological polar surface area (TPSA) is 140 Å². The number of aryl methyl sites for hydroxylation is 1. The number of anilines is 1. The van der Waals surface area contributed by atoms with Gasteiger partial charge in [0.15, 0.2) is 0 Å². The van der Waals surface area contributed by atoms with Gasteiger partial charge >= 0.3 is 29.6 Å². The number of amides is 1. The molecule has 0 radical (unpaired) electrons. The predicted octanol–water partition coefficient (Wildman–Crippen LogP) is 3.46. The van der Waals surface area contributed by atoms with Gasteiger partial charge in [0.05, 0.1) is 17.8 Å². The number of rotatable bonds is 6. The van der Waals surface area contributed by atoms with Crippen molar-refractivity contribution in [2.45, 2.75) is 11.8 Å². The van der Waals surface area contributed by atoms with Crippen LogP contribution in [0.15, 0.2) is 75.8 Å². The van der Waals surface area contributed by atoms with Gasteiger partial charge in [-0.25, -0.2) is 0 Å². The molecule has 0 unspecified atom stereocenters. The third-order valence-electron chi connectivity index (χ3n) is 5.37. The maximum absolute atomic E-state index is 13.4.